The lowest BCUT2D eigenvalue weighted by molar-refractivity contribution is -0.119. The van der Waals surface area contributed by atoms with Crippen LogP contribution in [0.1, 0.15) is 34.0 Å². The number of aromatic nitrogens is 2. The van der Waals surface area contributed by atoms with Gasteiger partial charge < -0.3 is 14.6 Å². The molecule has 0 bridgehead atoms. The third-order valence-corrected chi connectivity index (χ3v) is 4.88. The summed E-state index contributed by atoms with van der Waals surface area (Å²) in [5, 5.41) is 2.97. The number of hydrogen-bond donors (Lipinski definition) is 1. The average molecular weight is 348 g/mol. The molecule has 3 heterocycles. The molecule has 1 N–H and O–H groups in total. The number of carbonyl (C=O) groups excluding carboxylic acids is 2. The van der Waals surface area contributed by atoms with Crippen LogP contribution in [0, 0.1) is 6.92 Å². The molecule has 3 aromatic rings. The third-order valence-electron chi connectivity index (χ3n) is 4.88. The minimum absolute atomic E-state index is 0.0157. The second-order valence-corrected chi connectivity index (χ2v) is 6.69. The number of benzene rings is 1. The van der Waals surface area contributed by atoms with Crippen molar-refractivity contribution in [3.63, 3.8) is 0 Å². The van der Waals surface area contributed by atoms with E-state index in [0.29, 0.717) is 18.5 Å². The zero-order valence-electron chi connectivity index (χ0n) is 14.8. The van der Waals surface area contributed by atoms with Gasteiger partial charge in [0.1, 0.15) is 5.65 Å². The van der Waals surface area contributed by atoms with Crippen LogP contribution in [0.2, 0.25) is 0 Å². The Morgan fingerprint density at radius 2 is 2.04 bits per heavy atom. The quantitative estimate of drug-likeness (QED) is 0.791. The van der Waals surface area contributed by atoms with Gasteiger partial charge >= 0.3 is 0 Å². The summed E-state index contributed by atoms with van der Waals surface area (Å²) in [7, 11) is 1.79. The minimum atomic E-state index is -0.151. The summed E-state index contributed by atoms with van der Waals surface area (Å²) in [4.78, 5) is 30.8. The Balaban J connectivity index is 1.52. The second-order valence-electron chi connectivity index (χ2n) is 6.69. The summed E-state index contributed by atoms with van der Waals surface area (Å²) in [6.07, 6.45) is 4.06. The highest BCUT2D eigenvalue weighted by Crippen LogP contribution is 2.34. The van der Waals surface area contributed by atoms with E-state index in [1.807, 2.05) is 47.9 Å². The van der Waals surface area contributed by atoms with Crippen molar-refractivity contribution in [1.29, 1.82) is 0 Å². The molecule has 6 heteroatoms. The van der Waals surface area contributed by atoms with Crippen LogP contribution >= 0.6 is 0 Å². The molecule has 2 aromatic heterocycles. The first-order valence-corrected chi connectivity index (χ1v) is 8.62. The Labute approximate surface area is 151 Å². The summed E-state index contributed by atoms with van der Waals surface area (Å²) in [5.74, 6) is -0.0987. The van der Waals surface area contributed by atoms with Crippen LogP contribution in [-0.4, -0.2) is 34.8 Å². The van der Waals surface area contributed by atoms with Crippen LogP contribution in [0.3, 0.4) is 0 Å². The summed E-state index contributed by atoms with van der Waals surface area (Å²) >= 11 is 0. The van der Waals surface area contributed by atoms with Gasteiger partial charge in [0.2, 0.25) is 5.91 Å². The lowest BCUT2D eigenvalue weighted by Crippen LogP contribution is -2.37. The molecule has 0 aliphatic carbocycles. The van der Waals surface area contributed by atoms with Crippen LogP contribution < -0.4 is 10.2 Å². The number of hydrogen-bond acceptors (Lipinski definition) is 3. The summed E-state index contributed by atoms with van der Waals surface area (Å²) < 4.78 is 1.85. The number of nitrogens with zero attached hydrogens (tertiary/aromatic N) is 3. The number of para-hydroxylation sites is 1. The normalized spacial score (nSPS) is 16.6. The molecule has 0 radical (unpaired) electrons. The SMILES string of the molecule is Cc1cn2cc(C(=O)NCC3CC(=O)N(C)c4ccccc43)ccc2n1. The van der Waals surface area contributed by atoms with E-state index < -0.39 is 0 Å². The van der Waals surface area contributed by atoms with E-state index in [1.54, 1.807) is 24.2 Å². The van der Waals surface area contributed by atoms with Gasteiger partial charge in [0.15, 0.2) is 0 Å². The number of imidazole rings is 1. The Morgan fingerprint density at radius 3 is 2.88 bits per heavy atom. The van der Waals surface area contributed by atoms with E-state index in [0.717, 1.165) is 22.6 Å². The molecule has 0 saturated carbocycles. The van der Waals surface area contributed by atoms with E-state index in [1.165, 1.54) is 0 Å². The largest absolute Gasteiger partial charge is 0.351 e. The van der Waals surface area contributed by atoms with E-state index in [-0.39, 0.29) is 17.7 Å². The molecule has 1 aliphatic rings. The van der Waals surface area contributed by atoms with E-state index in [2.05, 4.69) is 10.3 Å². The van der Waals surface area contributed by atoms with Gasteiger partial charge in [-0.15, -0.1) is 0 Å². The molecule has 0 saturated heterocycles. The van der Waals surface area contributed by atoms with E-state index in [4.69, 9.17) is 0 Å². The maximum absolute atomic E-state index is 12.6. The molecule has 1 unspecified atom stereocenters. The van der Waals surface area contributed by atoms with Gasteiger partial charge in [-0.25, -0.2) is 4.98 Å². The number of nitrogens with one attached hydrogen (secondary N) is 1. The van der Waals surface area contributed by atoms with Gasteiger partial charge in [-0.1, -0.05) is 18.2 Å². The number of anilines is 1. The van der Waals surface area contributed by atoms with Crippen molar-refractivity contribution in [2.45, 2.75) is 19.3 Å². The van der Waals surface area contributed by atoms with Gasteiger partial charge in [-0.2, -0.15) is 0 Å². The zero-order valence-corrected chi connectivity index (χ0v) is 14.8. The summed E-state index contributed by atoms with van der Waals surface area (Å²) in [5.41, 5.74) is 4.30. The molecule has 0 fully saturated rings. The highest BCUT2D eigenvalue weighted by Gasteiger charge is 2.29. The molecule has 1 atom stereocenters. The maximum atomic E-state index is 12.6. The molecule has 132 valence electrons. The molecule has 2 amide bonds. The maximum Gasteiger partial charge on any atom is 0.252 e. The highest BCUT2D eigenvalue weighted by molar-refractivity contribution is 5.97. The molecule has 4 rings (SSSR count). The molecule has 1 aromatic carbocycles. The van der Waals surface area contributed by atoms with Crippen LogP contribution in [0.5, 0.6) is 0 Å². The molecule has 0 spiro atoms. The Kier molecular flexibility index (Phi) is 3.95. The van der Waals surface area contributed by atoms with Crippen LogP contribution in [0.4, 0.5) is 5.69 Å². The molecule has 26 heavy (non-hydrogen) atoms. The number of rotatable bonds is 3. The fraction of sp³-hybridized carbons (Fsp3) is 0.250. The zero-order chi connectivity index (χ0) is 18.3. The molecule has 1 aliphatic heterocycles. The third kappa shape index (κ3) is 2.83. The minimum Gasteiger partial charge on any atom is -0.351 e. The Hall–Kier alpha value is -3.15. The number of fused-ring (bicyclic) bond motifs is 2. The van der Waals surface area contributed by atoms with Crippen molar-refractivity contribution in [1.82, 2.24) is 14.7 Å². The first-order valence-electron chi connectivity index (χ1n) is 8.62. The number of pyridine rings is 1. The van der Waals surface area contributed by atoms with Crippen molar-refractivity contribution in [3.05, 3.63) is 65.6 Å². The average Bonchev–Trinajstić information content (AvgIpc) is 3.02. The van der Waals surface area contributed by atoms with Crippen molar-refractivity contribution in [2.24, 2.45) is 0 Å². The summed E-state index contributed by atoms with van der Waals surface area (Å²) in [6, 6.07) is 11.5. The predicted octanol–water partition coefficient (Wildman–Crippen LogP) is 2.52. The number of amides is 2. The number of carbonyl (C=O) groups is 2. The van der Waals surface area contributed by atoms with Crippen LogP contribution in [0.25, 0.3) is 5.65 Å². The summed E-state index contributed by atoms with van der Waals surface area (Å²) in [6.45, 7) is 2.34. The van der Waals surface area contributed by atoms with Gasteiger partial charge in [-0.05, 0) is 30.7 Å². The first kappa shape index (κ1) is 16.3. The standard InChI is InChI=1S/C20H20N4O2/c1-13-11-24-12-14(7-8-18(24)22-13)20(26)21-10-15-9-19(25)23(2)17-6-4-3-5-16(15)17/h3-8,11-12,15H,9-10H2,1-2H3,(H,21,26). The predicted molar refractivity (Wildman–Crippen MR) is 99.5 cm³/mol. The van der Waals surface area contributed by atoms with Gasteiger partial charge in [-0.3, -0.25) is 9.59 Å². The van der Waals surface area contributed by atoms with Crippen LogP contribution in [0.15, 0.2) is 48.8 Å². The molecular formula is C20H20N4O2. The smallest absolute Gasteiger partial charge is 0.252 e. The second kappa shape index (κ2) is 6.29. The Bertz CT molecular complexity index is 1010. The molecule has 6 nitrogen and oxygen atoms in total. The van der Waals surface area contributed by atoms with Gasteiger partial charge in [0.25, 0.3) is 5.91 Å². The fourth-order valence-corrected chi connectivity index (χ4v) is 3.48. The Morgan fingerprint density at radius 1 is 1.23 bits per heavy atom. The first-order chi connectivity index (χ1) is 12.5. The number of aryl methyl sites for hydroxylation is 1. The van der Waals surface area contributed by atoms with Crippen molar-refractivity contribution < 1.29 is 9.59 Å². The van der Waals surface area contributed by atoms with Crippen molar-refractivity contribution in [3.8, 4) is 0 Å². The molecular weight excluding hydrogens is 328 g/mol. The van der Waals surface area contributed by atoms with Crippen molar-refractivity contribution >= 4 is 23.1 Å². The fourth-order valence-electron chi connectivity index (χ4n) is 3.48. The lowest BCUT2D eigenvalue weighted by atomic mass is 9.89. The highest BCUT2D eigenvalue weighted by atomic mass is 16.2. The monoisotopic (exact) mass is 348 g/mol. The van der Waals surface area contributed by atoms with Gasteiger partial charge in [0.05, 0.1) is 11.3 Å². The lowest BCUT2D eigenvalue weighted by Gasteiger charge is -2.31. The van der Waals surface area contributed by atoms with Crippen molar-refractivity contribution in [2.75, 3.05) is 18.5 Å². The van der Waals surface area contributed by atoms with Gasteiger partial charge in [0, 0.05) is 44.0 Å². The topological polar surface area (TPSA) is 66.7 Å². The van der Waals surface area contributed by atoms with E-state index in [9.17, 15) is 9.59 Å². The van der Waals surface area contributed by atoms with Crippen LogP contribution in [-0.2, 0) is 4.79 Å². The van der Waals surface area contributed by atoms with E-state index >= 15 is 0 Å².